The van der Waals surface area contributed by atoms with Gasteiger partial charge in [-0.3, -0.25) is 0 Å². The van der Waals surface area contributed by atoms with Crippen LogP contribution in [0.5, 0.6) is 5.75 Å². The van der Waals surface area contributed by atoms with Crippen molar-refractivity contribution >= 4 is 27.4 Å². The maximum Gasteiger partial charge on any atom is 0.165 e. The van der Waals surface area contributed by atoms with Crippen molar-refractivity contribution in [1.82, 2.24) is 9.97 Å². The van der Waals surface area contributed by atoms with Crippen LogP contribution in [0.2, 0.25) is 0 Å². The Hall–Kier alpha value is -2.21. The normalized spacial score (nSPS) is 12.3. The predicted molar refractivity (Wildman–Crippen MR) is 82.4 cm³/mol. The number of anilines is 1. The van der Waals surface area contributed by atoms with Gasteiger partial charge in [0.05, 0.1) is 18.5 Å². The van der Waals surface area contributed by atoms with Gasteiger partial charge in [0.1, 0.15) is 17.0 Å². The van der Waals surface area contributed by atoms with E-state index in [1.165, 1.54) is 19.5 Å². The lowest BCUT2D eigenvalue weighted by Gasteiger charge is -2.16. The number of methoxy groups -OCH3 is 1. The van der Waals surface area contributed by atoms with Crippen LogP contribution in [-0.2, 0) is 0 Å². The van der Waals surface area contributed by atoms with Crippen LogP contribution in [0, 0.1) is 5.82 Å². The average Bonchev–Trinajstić information content (AvgIpc) is 2.96. The zero-order valence-corrected chi connectivity index (χ0v) is 12.4. The molecule has 21 heavy (non-hydrogen) atoms. The number of fused-ring (bicyclic) bond motifs is 1. The molecule has 3 aromatic rings. The minimum absolute atomic E-state index is 0.0802. The fourth-order valence-corrected chi connectivity index (χ4v) is 2.88. The average molecular weight is 303 g/mol. The highest BCUT2D eigenvalue weighted by Gasteiger charge is 2.12. The molecule has 0 saturated carbocycles. The smallest absolute Gasteiger partial charge is 0.165 e. The summed E-state index contributed by atoms with van der Waals surface area (Å²) in [6, 6.07) is 6.84. The number of halogens is 1. The molecule has 2 heterocycles. The van der Waals surface area contributed by atoms with Gasteiger partial charge in [0.2, 0.25) is 0 Å². The molecule has 0 aliphatic carbocycles. The lowest BCUT2D eigenvalue weighted by molar-refractivity contribution is 0.386. The van der Waals surface area contributed by atoms with E-state index in [4.69, 9.17) is 4.74 Å². The van der Waals surface area contributed by atoms with Gasteiger partial charge in [-0.1, -0.05) is 6.07 Å². The molecule has 4 nitrogen and oxygen atoms in total. The van der Waals surface area contributed by atoms with Crippen LogP contribution in [0.3, 0.4) is 0 Å². The van der Waals surface area contributed by atoms with Crippen LogP contribution in [0.15, 0.2) is 36.0 Å². The molecule has 1 unspecified atom stereocenters. The van der Waals surface area contributed by atoms with Gasteiger partial charge in [-0.25, -0.2) is 14.4 Å². The minimum Gasteiger partial charge on any atom is -0.494 e. The fraction of sp³-hybridized carbons (Fsp3) is 0.200. The monoisotopic (exact) mass is 303 g/mol. The molecular weight excluding hydrogens is 289 g/mol. The SMILES string of the molecule is COc1ccc(C(C)Nc2ncnc3sccc23)cc1F. The van der Waals surface area contributed by atoms with Gasteiger partial charge in [-0.15, -0.1) is 11.3 Å². The first-order chi connectivity index (χ1) is 10.2. The van der Waals surface area contributed by atoms with Crippen molar-refractivity contribution in [3.05, 3.63) is 47.4 Å². The number of hydrogen-bond acceptors (Lipinski definition) is 5. The number of nitrogens with zero attached hydrogens (tertiary/aromatic N) is 2. The summed E-state index contributed by atoms with van der Waals surface area (Å²) < 4.78 is 18.7. The Balaban J connectivity index is 1.87. The molecule has 108 valence electrons. The van der Waals surface area contributed by atoms with Crippen LogP contribution < -0.4 is 10.1 Å². The first-order valence-electron chi connectivity index (χ1n) is 6.47. The summed E-state index contributed by atoms with van der Waals surface area (Å²) in [5.41, 5.74) is 0.829. The van der Waals surface area contributed by atoms with Crippen LogP contribution in [0.4, 0.5) is 10.2 Å². The van der Waals surface area contributed by atoms with E-state index >= 15 is 0 Å². The number of thiophene rings is 1. The van der Waals surface area contributed by atoms with E-state index in [-0.39, 0.29) is 17.6 Å². The number of aromatic nitrogens is 2. The van der Waals surface area contributed by atoms with Gasteiger partial charge in [0, 0.05) is 0 Å². The summed E-state index contributed by atoms with van der Waals surface area (Å²) in [6.45, 7) is 1.96. The molecule has 1 aromatic carbocycles. The molecule has 0 saturated heterocycles. The molecule has 6 heteroatoms. The van der Waals surface area contributed by atoms with Gasteiger partial charge >= 0.3 is 0 Å². The van der Waals surface area contributed by atoms with Crippen molar-refractivity contribution in [2.75, 3.05) is 12.4 Å². The van der Waals surface area contributed by atoms with E-state index in [0.29, 0.717) is 0 Å². The summed E-state index contributed by atoms with van der Waals surface area (Å²) in [6.07, 6.45) is 1.53. The van der Waals surface area contributed by atoms with Crippen molar-refractivity contribution in [3.63, 3.8) is 0 Å². The minimum atomic E-state index is -0.369. The van der Waals surface area contributed by atoms with E-state index in [1.807, 2.05) is 24.4 Å². The Morgan fingerprint density at radius 2 is 2.14 bits per heavy atom. The quantitative estimate of drug-likeness (QED) is 0.791. The van der Waals surface area contributed by atoms with Crippen LogP contribution in [0.25, 0.3) is 10.2 Å². The van der Waals surface area contributed by atoms with Gasteiger partial charge < -0.3 is 10.1 Å². The molecule has 1 N–H and O–H groups in total. The summed E-state index contributed by atoms with van der Waals surface area (Å²) >= 11 is 1.56. The van der Waals surface area contributed by atoms with Crippen LogP contribution in [0.1, 0.15) is 18.5 Å². The number of nitrogens with one attached hydrogen (secondary N) is 1. The Kier molecular flexibility index (Phi) is 3.70. The van der Waals surface area contributed by atoms with E-state index in [0.717, 1.165) is 21.6 Å². The molecule has 2 aromatic heterocycles. The third-order valence-electron chi connectivity index (χ3n) is 3.29. The molecule has 0 radical (unpaired) electrons. The highest BCUT2D eigenvalue weighted by Crippen LogP contribution is 2.28. The number of ether oxygens (including phenoxy) is 1. The number of benzene rings is 1. The van der Waals surface area contributed by atoms with Crippen molar-refractivity contribution < 1.29 is 9.13 Å². The molecule has 1 atom stereocenters. The lowest BCUT2D eigenvalue weighted by atomic mass is 10.1. The van der Waals surface area contributed by atoms with Crippen molar-refractivity contribution in [2.45, 2.75) is 13.0 Å². The van der Waals surface area contributed by atoms with Gasteiger partial charge in [0.15, 0.2) is 11.6 Å². The van der Waals surface area contributed by atoms with Crippen LogP contribution in [-0.4, -0.2) is 17.1 Å². The highest BCUT2D eigenvalue weighted by atomic mass is 32.1. The van der Waals surface area contributed by atoms with E-state index in [2.05, 4.69) is 15.3 Å². The zero-order valence-electron chi connectivity index (χ0n) is 11.6. The molecule has 0 aliphatic heterocycles. The summed E-state index contributed by atoms with van der Waals surface area (Å²) in [4.78, 5) is 9.41. The summed E-state index contributed by atoms with van der Waals surface area (Å²) in [7, 11) is 1.45. The highest BCUT2D eigenvalue weighted by molar-refractivity contribution is 7.16. The van der Waals surface area contributed by atoms with Crippen molar-refractivity contribution in [2.24, 2.45) is 0 Å². The van der Waals surface area contributed by atoms with Crippen LogP contribution >= 0.6 is 11.3 Å². The van der Waals surface area contributed by atoms with Gasteiger partial charge in [-0.2, -0.15) is 0 Å². The molecule has 0 bridgehead atoms. The third-order valence-corrected chi connectivity index (χ3v) is 4.11. The maximum atomic E-state index is 13.8. The van der Waals surface area contributed by atoms with E-state index in [1.54, 1.807) is 17.4 Å². The number of rotatable bonds is 4. The van der Waals surface area contributed by atoms with Crippen molar-refractivity contribution in [3.8, 4) is 5.75 Å². The second-order valence-electron chi connectivity index (χ2n) is 4.62. The second kappa shape index (κ2) is 5.65. The molecule has 0 fully saturated rings. The van der Waals surface area contributed by atoms with Gasteiger partial charge in [-0.05, 0) is 36.1 Å². The standard InChI is InChI=1S/C15H14FN3OS/c1-9(10-3-4-13(20-2)12(16)7-10)19-14-11-5-6-21-15(11)18-8-17-14/h3-9H,1-2H3,(H,17,18,19). The molecular formula is C15H14FN3OS. The second-order valence-corrected chi connectivity index (χ2v) is 5.52. The molecule has 0 spiro atoms. The van der Waals surface area contributed by atoms with Crippen molar-refractivity contribution in [1.29, 1.82) is 0 Å². The third kappa shape index (κ3) is 2.67. The first-order valence-corrected chi connectivity index (χ1v) is 7.35. The van der Waals surface area contributed by atoms with Gasteiger partial charge in [0.25, 0.3) is 0 Å². The summed E-state index contributed by atoms with van der Waals surface area (Å²) in [5, 5.41) is 6.25. The number of hydrogen-bond donors (Lipinski definition) is 1. The van der Waals surface area contributed by atoms with E-state index < -0.39 is 0 Å². The Morgan fingerprint density at radius 1 is 1.29 bits per heavy atom. The van der Waals surface area contributed by atoms with E-state index in [9.17, 15) is 4.39 Å². The molecule has 0 aliphatic rings. The fourth-order valence-electron chi connectivity index (χ4n) is 2.15. The maximum absolute atomic E-state index is 13.8. The zero-order chi connectivity index (χ0) is 14.8. The lowest BCUT2D eigenvalue weighted by Crippen LogP contribution is -2.08. The topological polar surface area (TPSA) is 47.0 Å². The Morgan fingerprint density at radius 3 is 2.90 bits per heavy atom. The predicted octanol–water partition coefficient (Wildman–Crippen LogP) is 4.01. The summed E-state index contributed by atoms with van der Waals surface area (Å²) in [5.74, 6) is 0.630. The molecule has 0 amide bonds. The molecule has 3 rings (SSSR count). The largest absolute Gasteiger partial charge is 0.494 e. The first kappa shape index (κ1) is 13.8. The Bertz CT molecular complexity index is 774. The Labute approximate surface area is 125 Å².